The van der Waals surface area contributed by atoms with Gasteiger partial charge in [0.2, 0.25) is 0 Å². The fourth-order valence-corrected chi connectivity index (χ4v) is 2.82. The van der Waals surface area contributed by atoms with Crippen molar-refractivity contribution >= 4 is 29.4 Å². The van der Waals surface area contributed by atoms with Crippen molar-refractivity contribution in [1.29, 1.82) is 0 Å². The molecule has 3 nitrogen and oxygen atoms in total. The predicted molar refractivity (Wildman–Crippen MR) is 60.6 cm³/mol. The van der Waals surface area contributed by atoms with Crippen LogP contribution in [0, 0.1) is 6.92 Å². The molecule has 5 heteroatoms. The van der Waals surface area contributed by atoms with Gasteiger partial charge in [0, 0.05) is 10.5 Å². The van der Waals surface area contributed by atoms with E-state index in [9.17, 15) is 4.79 Å². The molecule has 2 aromatic rings. The minimum atomic E-state index is 0.688. The Hall–Kier alpha value is -1.20. The topological polar surface area (TPSA) is 42.9 Å². The molecule has 0 aliphatic carbocycles. The van der Waals surface area contributed by atoms with Crippen LogP contribution in [0.3, 0.4) is 0 Å². The fraction of sp³-hybridized carbons (Fsp3) is 0.100. The van der Waals surface area contributed by atoms with Crippen molar-refractivity contribution in [3.05, 3.63) is 34.8 Å². The first kappa shape index (κ1) is 10.3. The lowest BCUT2D eigenvalue weighted by Crippen LogP contribution is -1.78. The Bertz CT molecular complexity index is 465. The van der Waals surface area contributed by atoms with Crippen LogP contribution in [0.15, 0.2) is 33.5 Å². The molecule has 15 heavy (non-hydrogen) atoms. The van der Waals surface area contributed by atoms with Crippen molar-refractivity contribution in [3.63, 3.8) is 0 Å². The Morgan fingerprint density at radius 2 is 2.00 bits per heavy atom. The van der Waals surface area contributed by atoms with E-state index in [1.807, 2.05) is 19.1 Å². The smallest absolute Gasteiger partial charge is 0.179 e. The van der Waals surface area contributed by atoms with E-state index < -0.39 is 0 Å². The summed E-state index contributed by atoms with van der Waals surface area (Å²) in [6, 6.07) is 7.41. The number of carbonyl (C=O) groups is 1. The molecule has 1 aromatic heterocycles. The summed E-state index contributed by atoms with van der Waals surface area (Å²) in [6.07, 6.45) is 0.837. The summed E-state index contributed by atoms with van der Waals surface area (Å²) in [5.41, 5.74) is 0.688. The Labute approximate surface area is 95.6 Å². The predicted octanol–water partition coefficient (Wildman–Crippen LogP) is 2.81. The number of hydrogen-bond donors (Lipinski definition) is 0. The second-order valence-electron chi connectivity index (χ2n) is 2.88. The molecule has 0 saturated heterocycles. The largest absolute Gasteiger partial charge is 0.298 e. The Morgan fingerprint density at radius 3 is 2.53 bits per heavy atom. The second-order valence-corrected chi connectivity index (χ2v) is 5.38. The zero-order chi connectivity index (χ0) is 10.7. The van der Waals surface area contributed by atoms with Crippen molar-refractivity contribution < 1.29 is 4.79 Å². The molecule has 2 rings (SSSR count). The van der Waals surface area contributed by atoms with Crippen LogP contribution in [-0.2, 0) is 0 Å². The number of hydrogen-bond acceptors (Lipinski definition) is 5. The van der Waals surface area contributed by atoms with Crippen molar-refractivity contribution in [2.75, 3.05) is 0 Å². The molecular weight excluding hydrogens is 228 g/mol. The van der Waals surface area contributed by atoms with Gasteiger partial charge in [0.25, 0.3) is 0 Å². The summed E-state index contributed by atoms with van der Waals surface area (Å²) in [6.45, 7) is 1.93. The lowest BCUT2D eigenvalue weighted by Gasteiger charge is -1.96. The first-order chi connectivity index (χ1) is 7.28. The highest BCUT2D eigenvalue weighted by Crippen LogP contribution is 2.29. The Balaban J connectivity index is 2.14. The van der Waals surface area contributed by atoms with E-state index in [0.717, 1.165) is 20.5 Å². The molecule has 0 amide bonds. The molecule has 1 aromatic carbocycles. The average molecular weight is 236 g/mol. The highest BCUT2D eigenvalue weighted by atomic mass is 32.2. The van der Waals surface area contributed by atoms with Crippen molar-refractivity contribution in [3.8, 4) is 0 Å². The van der Waals surface area contributed by atoms with Gasteiger partial charge in [0.15, 0.2) is 4.34 Å². The molecule has 76 valence electrons. The highest BCUT2D eigenvalue weighted by Gasteiger charge is 2.02. The van der Waals surface area contributed by atoms with Crippen LogP contribution >= 0.6 is 23.1 Å². The van der Waals surface area contributed by atoms with E-state index in [-0.39, 0.29) is 0 Å². The average Bonchev–Trinajstić information content (AvgIpc) is 2.65. The molecule has 0 aliphatic heterocycles. The van der Waals surface area contributed by atoms with Crippen LogP contribution in [0.5, 0.6) is 0 Å². The zero-order valence-corrected chi connectivity index (χ0v) is 9.64. The molecule has 0 aliphatic rings. The molecule has 0 fully saturated rings. The Kier molecular flexibility index (Phi) is 3.13. The third-order valence-electron chi connectivity index (χ3n) is 1.73. The van der Waals surface area contributed by atoms with Crippen LogP contribution in [0.25, 0.3) is 0 Å². The van der Waals surface area contributed by atoms with E-state index in [0.29, 0.717) is 5.56 Å². The number of carbonyl (C=O) groups excluding carboxylic acids is 1. The van der Waals surface area contributed by atoms with Crippen molar-refractivity contribution in [1.82, 2.24) is 10.2 Å². The SMILES string of the molecule is Cc1nnc(Sc2ccc(C=O)cc2)s1. The van der Waals surface area contributed by atoms with E-state index in [4.69, 9.17) is 0 Å². The van der Waals surface area contributed by atoms with Gasteiger partial charge in [-0.25, -0.2) is 0 Å². The quantitative estimate of drug-likeness (QED) is 0.768. The summed E-state index contributed by atoms with van der Waals surface area (Å²) in [7, 11) is 0. The maximum absolute atomic E-state index is 10.5. The van der Waals surface area contributed by atoms with E-state index in [1.165, 1.54) is 0 Å². The summed E-state index contributed by atoms with van der Waals surface area (Å²) in [5.74, 6) is 0. The maximum atomic E-state index is 10.5. The fourth-order valence-electron chi connectivity index (χ4n) is 1.03. The maximum Gasteiger partial charge on any atom is 0.179 e. The third kappa shape index (κ3) is 2.64. The van der Waals surface area contributed by atoms with Crippen molar-refractivity contribution in [2.45, 2.75) is 16.2 Å². The second kappa shape index (κ2) is 4.55. The molecule has 0 saturated carbocycles. The van der Waals surface area contributed by atoms with Gasteiger partial charge in [-0.3, -0.25) is 4.79 Å². The molecule has 0 unspecified atom stereocenters. The lowest BCUT2D eigenvalue weighted by molar-refractivity contribution is 0.112. The van der Waals surface area contributed by atoms with E-state index in [1.54, 1.807) is 35.2 Å². The van der Waals surface area contributed by atoms with Crippen LogP contribution in [0.2, 0.25) is 0 Å². The minimum Gasteiger partial charge on any atom is -0.298 e. The summed E-state index contributed by atoms with van der Waals surface area (Å²) in [5, 5.41) is 8.91. The molecule has 0 N–H and O–H groups in total. The number of nitrogens with zero attached hydrogens (tertiary/aromatic N) is 2. The number of aldehydes is 1. The molecule has 0 spiro atoms. The minimum absolute atomic E-state index is 0.688. The molecule has 0 atom stereocenters. The summed E-state index contributed by atoms with van der Waals surface area (Å²) >= 11 is 3.12. The van der Waals surface area contributed by atoms with Crippen LogP contribution in [0.1, 0.15) is 15.4 Å². The van der Waals surface area contributed by atoms with E-state index in [2.05, 4.69) is 10.2 Å². The number of aryl methyl sites for hydroxylation is 1. The van der Waals surface area contributed by atoms with Crippen LogP contribution in [0.4, 0.5) is 0 Å². The zero-order valence-electron chi connectivity index (χ0n) is 8.01. The van der Waals surface area contributed by atoms with Gasteiger partial charge in [-0.05, 0) is 19.1 Å². The van der Waals surface area contributed by atoms with Crippen LogP contribution < -0.4 is 0 Å². The third-order valence-corrected chi connectivity index (χ3v) is 3.63. The van der Waals surface area contributed by atoms with Crippen molar-refractivity contribution in [2.24, 2.45) is 0 Å². The normalized spacial score (nSPS) is 10.2. The number of aromatic nitrogens is 2. The van der Waals surface area contributed by atoms with Crippen LogP contribution in [-0.4, -0.2) is 16.5 Å². The monoisotopic (exact) mass is 236 g/mol. The molecule has 1 heterocycles. The van der Waals surface area contributed by atoms with E-state index >= 15 is 0 Å². The molecular formula is C10H8N2OS2. The van der Waals surface area contributed by atoms with Gasteiger partial charge in [0.1, 0.15) is 11.3 Å². The Morgan fingerprint density at radius 1 is 1.27 bits per heavy atom. The summed E-state index contributed by atoms with van der Waals surface area (Å²) < 4.78 is 0.923. The van der Waals surface area contributed by atoms with Gasteiger partial charge in [-0.2, -0.15) is 0 Å². The van der Waals surface area contributed by atoms with Gasteiger partial charge in [-0.15, -0.1) is 10.2 Å². The van der Waals surface area contributed by atoms with Gasteiger partial charge >= 0.3 is 0 Å². The molecule has 0 bridgehead atoms. The van der Waals surface area contributed by atoms with Gasteiger partial charge < -0.3 is 0 Å². The first-order valence-electron chi connectivity index (χ1n) is 4.31. The van der Waals surface area contributed by atoms with Gasteiger partial charge in [-0.1, -0.05) is 35.2 Å². The number of rotatable bonds is 3. The standard InChI is InChI=1S/C10H8N2OS2/c1-7-11-12-10(14-7)15-9-4-2-8(6-13)3-5-9/h2-6H,1H3. The first-order valence-corrected chi connectivity index (χ1v) is 5.94. The number of benzene rings is 1. The summed E-state index contributed by atoms with van der Waals surface area (Å²) in [4.78, 5) is 11.5. The highest BCUT2D eigenvalue weighted by molar-refractivity contribution is 8.01. The van der Waals surface area contributed by atoms with Gasteiger partial charge in [0.05, 0.1) is 0 Å². The lowest BCUT2D eigenvalue weighted by atomic mass is 10.2. The molecule has 0 radical (unpaired) electrons.